The molecule has 0 aliphatic carbocycles. The first-order chi connectivity index (χ1) is 9.59. The van der Waals surface area contributed by atoms with E-state index in [-0.39, 0.29) is 0 Å². The summed E-state index contributed by atoms with van der Waals surface area (Å²) in [7, 11) is 0. The molecule has 0 aliphatic rings. The van der Waals surface area contributed by atoms with Gasteiger partial charge in [-0.15, -0.1) is 0 Å². The average molecular weight is 268 g/mol. The standard InChI is InChI=1S/C18H24N2/c1-14(2)13-15(3)20(16-9-5-4-6-10-16)18-12-8-7-11-17(18)19/h4-12,14-15H,13,19H2,1-3H3. The van der Waals surface area contributed by atoms with Crippen LogP contribution in [0.15, 0.2) is 54.6 Å². The van der Waals surface area contributed by atoms with Crippen molar-refractivity contribution in [3.8, 4) is 0 Å². The normalized spacial score (nSPS) is 12.4. The second kappa shape index (κ2) is 6.47. The Hall–Kier alpha value is -1.96. The Bertz CT molecular complexity index is 534. The monoisotopic (exact) mass is 268 g/mol. The molecule has 1 atom stereocenters. The molecule has 2 aromatic rings. The Balaban J connectivity index is 2.42. The van der Waals surface area contributed by atoms with Crippen molar-refractivity contribution in [3.63, 3.8) is 0 Å². The maximum atomic E-state index is 6.19. The van der Waals surface area contributed by atoms with Crippen molar-refractivity contribution in [2.24, 2.45) is 5.92 Å². The van der Waals surface area contributed by atoms with Crippen molar-refractivity contribution in [1.29, 1.82) is 0 Å². The zero-order chi connectivity index (χ0) is 14.5. The molecule has 0 radical (unpaired) electrons. The summed E-state index contributed by atoms with van der Waals surface area (Å²) in [5.41, 5.74) is 9.29. The highest BCUT2D eigenvalue weighted by molar-refractivity contribution is 5.75. The largest absolute Gasteiger partial charge is 0.397 e. The predicted octanol–water partition coefficient (Wildman–Crippen LogP) is 4.84. The Morgan fingerprint density at radius 3 is 2.10 bits per heavy atom. The lowest BCUT2D eigenvalue weighted by molar-refractivity contribution is 0.513. The van der Waals surface area contributed by atoms with E-state index in [1.807, 2.05) is 24.3 Å². The highest BCUT2D eigenvalue weighted by Gasteiger charge is 2.19. The molecule has 0 saturated carbocycles. The molecule has 0 bridgehead atoms. The molecule has 0 spiro atoms. The summed E-state index contributed by atoms with van der Waals surface area (Å²) >= 11 is 0. The lowest BCUT2D eigenvalue weighted by Gasteiger charge is -2.33. The molecule has 0 amide bonds. The zero-order valence-electron chi connectivity index (χ0n) is 12.6. The van der Waals surface area contributed by atoms with Gasteiger partial charge in [0.2, 0.25) is 0 Å². The molecule has 2 aromatic carbocycles. The first-order valence-corrected chi connectivity index (χ1v) is 7.28. The summed E-state index contributed by atoms with van der Waals surface area (Å²) < 4.78 is 0. The fourth-order valence-corrected chi connectivity index (χ4v) is 2.71. The summed E-state index contributed by atoms with van der Waals surface area (Å²) in [5, 5.41) is 0. The fourth-order valence-electron chi connectivity index (χ4n) is 2.71. The molecule has 2 heteroatoms. The maximum absolute atomic E-state index is 6.19. The van der Waals surface area contributed by atoms with E-state index in [2.05, 4.69) is 56.0 Å². The van der Waals surface area contributed by atoms with Gasteiger partial charge in [0.25, 0.3) is 0 Å². The molecule has 1 unspecified atom stereocenters. The molecule has 20 heavy (non-hydrogen) atoms. The molecule has 0 aliphatic heterocycles. The number of nitrogens with two attached hydrogens (primary N) is 1. The highest BCUT2D eigenvalue weighted by atomic mass is 15.2. The molecule has 0 heterocycles. The van der Waals surface area contributed by atoms with Crippen LogP contribution in [0.2, 0.25) is 0 Å². The number of para-hydroxylation sites is 3. The van der Waals surface area contributed by atoms with E-state index in [4.69, 9.17) is 5.73 Å². The summed E-state index contributed by atoms with van der Waals surface area (Å²) in [4.78, 5) is 2.34. The highest BCUT2D eigenvalue weighted by Crippen LogP contribution is 2.33. The first-order valence-electron chi connectivity index (χ1n) is 7.28. The van der Waals surface area contributed by atoms with Crippen LogP contribution in [0.25, 0.3) is 0 Å². The van der Waals surface area contributed by atoms with Crippen LogP contribution in [-0.2, 0) is 0 Å². The number of hydrogen-bond donors (Lipinski definition) is 1. The fraction of sp³-hybridized carbons (Fsp3) is 0.333. The Morgan fingerprint density at radius 1 is 0.900 bits per heavy atom. The van der Waals surface area contributed by atoms with Gasteiger partial charge in [0, 0.05) is 11.7 Å². The second-order valence-corrected chi connectivity index (χ2v) is 5.74. The van der Waals surface area contributed by atoms with E-state index < -0.39 is 0 Å². The smallest absolute Gasteiger partial charge is 0.0646 e. The van der Waals surface area contributed by atoms with E-state index in [1.54, 1.807) is 0 Å². The molecule has 2 rings (SSSR count). The lowest BCUT2D eigenvalue weighted by atomic mass is 10.0. The molecule has 0 aromatic heterocycles. The van der Waals surface area contributed by atoms with Crippen LogP contribution in [0.1, 0.15) is 27.2 Å². The van der Waals surface area contributed by atoms with Crippen molar-refractivity contribution in [2.45, 2.75) is 33.2 Å². The van der Waals surface area contributed by atoms with E-state index >= 15 is 0 Å². The van der Waals surface area contributed by atoms with Crippen LogP contribution in [-0.4, -0.2) is 6.04 Å². The maximum Gasteiger partial charge on any atom is 0.0646 e. The van der Waals surface area contributed by atoms with Crippen LogP contribution >= 0.6 is 0 Å². The van der Waals surface area contributed by atoms with Crippen molar-refractivity contribution in [3.05, 3.63) is 54.6 Å². The van der Waals surface area contributed by atoms with Crippen LogP contribution in [0, 0.1) is 5.92 Å². The van der Waals surface area contributed by atoms with Gasteiger partial charge in [-0.2, -0.15) is 0 Å². The summed E-state index contributed by atoms with van der Waals surface area (Å²) in [6.45, 7) is 6.78. The minimum atomic E-state index is 0.405. The number of nitrogen functional groups attached to an aromatic ring is 1. The molecular formula is C18H24N2. The van der Waals surface area contributed by atoms with Gasteiger partial charge in [-0.05, 0) is 43.5 Å². The van der Waals surface area contributed by atoms with Crippen LogP contribution in [0.5, 0.6) is 0 Å². The SMILES string of the molecule is CC(C)CC(C)N(c1ccccc1)c1ccccc1N. The van der Waals surface area contributed by atoms with Gasteiger partial charge in [-0.1, -0.05) is 44.2 Å². The Labute approximate surface area is 122 Å². The van der Waals surface area contributed by atoms with Gasteiger partial charge in [0.1, 0.15) is 0 Å². The summed E-state index contributed by atoms with van der Waals surface area (Å²) in [6, 6.07) is 19.0. The molecule has 2 N–H and O–H groups in total. The zero-order valence-corrected chi connectivity index (χ0v) is 12.6. The topological polar surface area (TPSA) is 29.3 Å². The predicted molar refractivity (Wildman–Crippen MR) is 88.4 cm³/mol. The molecule has 0 saturated heterocycles. The minimum absolute atomic E-state index is 0.405. The van der Waals surface area contributed by atoms with E-state index in [1.165, 1.54) is 5.69 Å². The minimum Gasteiger partial charge on any atom is -0.397 e. The van der Waals surface area contributed by atoms with E-state index in [9.17, 15) is 0 Å². The summed E-state index contributed by atoms with van der Waals surface area (Å²) in [6.07, 6.45) is 1.13. The van der Waals surface area contributed by atoms with E-state index in [0.29, 0.717) is 12.0 Å². The first kappa shape index (κ1) is 14.4. The number of nitrogens with zero attached hydrogens (tertiary/aromatic N) is 1. The van der Waals surface area contributed by atoms with Crippen LogP contribution in [0.3, 0.4) is 0 Å². The number of benzene rings is 2. The second-order valence-electron chi connectivity index (χ2n) is 5.74. The molecular weight excluding hydrogens is 244 g/mol. The third-order valence-electron chi connectivity index (χ3n) is 3.48. The van der Waals surface area contributed by atoms with Gasteiger partial charge >= 0.3 is 0 Å². The van der Waals surface area contributed by atoms with Crippen LogP contribution in [0.4, 0.5) is 17.1 Å². The lowest BCUT2D eigenvalue weighted by Crippen LogP contribution is -2.30. The van der Waals surface area contributed by atoms with Crippen molar-refractivity contribution >= 4 is 17.1 Å². The molecule has 2 nitrogen and oxygen atoms in total. The quantitative estimate of drug-likeness (QED) is 0.786. The Morgan fingerprint density at radius 2 is 1.50 bits per heavy atom. The van der Waals surface area contributed by atoms with Crippen molar-refractivity contribution < 1.29 is 0 Å². The third kappa shape index (κ3) is 3.32. The van der Waals surface area contributed by atoms with Gasteiger partial charge < -0.3 is 10.6 Å². The van der Waals surface area contributed by atoms with Crippen molar-refractivity contribution in [2.75, 3.05) is 10.6 Å². The number of rotatable bonds is 5. The van der Waals surface area contributed by atoms with Gasteiger partial charge in [0.15, 0.2) is 0 Å². The number of anilines is 3. The molecule has 106 valence electrons. The third-order valence-corrected chi connectivity index (χ3v) is 3.48. The number of hydrogen-bond acceptors (Lipinski definition) is 2. The summed E-state index contributed by atoms with van der Waals surface area (Å²) in [5.74, 6) is 0.654. The van der Waals surface area contributed by atoms with Crippen molar-refractivity contribution in [1.82, 2.24) is 0 Å². The molecule has 0 fully saturated rings. The van der Waals surface area contributed by atoms with Gasteiger partial charge in [0.05, 0.1) is 11.4 Å². The average Bonchev–Trinajstić information content (AvgIpc) is 2.42. The van der Waals surface area contributed by atoms with Gasteiger partial charge in [-0.25, -0.2) is 0 Å². The van der Waals surface area contributed by atoms with Crippen LogP contribution < -0.4 is 10.6 Å². The van der Waals surface area contributed by atoms with Gasteiger partial charge in [-0.3, -0.25) is 0 Å². The Kier molecular flexibility index (Phi) is 4.67. The van der Waals surface area contributed by atoms with E-state index in [0.717, 1.165) is 17.8 Å².